The predicted octanol–water partition coefficient (Wildman–Crippen LogP) is 3.37. The van der Waals surface area contributed by atoms with Crippen LogP contribution in [0.25, 0.3) is 0 Å². The summed E-state index contributed by atoms with van der Waals surface area (Å²) in [6.45, 7) is 3.58. The normalized spacial score (nSPS) is 14.0. The lowest BCUT2D eigenvalue weighted by Gasteiger charge is -2.21. The Labute approximate surface area is 112 Å². The quantitative estimate of drug-likeness (QED) is 0.889. The first-order chi connectivity index (χ1) is 7.49. The minimum atomic E-state index is -0.771. The van der Waals surface area contributed by atoms with Crippen LogP contribution in [0.5, 0.6) is 0 Å². The van der Waals surface area contributed by atoms with E-state index in [0.29, 0.717) is 12.0 Å². The van der Waals surface area contributed by atoms with Crippen molar-refractivity contribution in [3.05, 3.63) is 34.1 Å². The number of hydrogen-bond donors (Lipinski definition) is 2. The van der Waals surface area contributed by atoms with Crippen molar-refractivity contribution in [3.63, 3.8) is 0 Å². The fourth-order valence-corrected chi connectivity index (χ4v) is 1.92. The van der Waals surface area contributed by atoms with Crippen molar-refractivity contribution < 1.29 is 9.50 Å². The minimum Gasteiger partial charge on any atom is -0.391 e. The standard InChI is InChI=1S/C12H17ClFNO.ClH/c1-3-4-9(16)12(15)10-8(13)6-5-7(2)11(10)14;/h5-6,9,12,16H,3-4,15H2,1-2H3;1H/t9-,12-;/m0./s1. The van der Waals surface area contributed by atoms with Crippen molar-refractivity contribution in [2.24, 2.45) is 5.73 Å². The molecule has 0 bridgehead atoms. The summed E-state index contributed by atoms with van der Waals surface area (Å²) in [6, 6.07) is 2.43. The first kappa shape index (κ1) is 16.6. The summed E-state index contributed by atoms with van der Waals surface area (Å²) in [5.41, 5.74) is 6.52. The number of nitrogens with two attached hydrogens (primary N) is 1. The van der Waals surface area contributed by atoms with E-state index in [9.17, 15) is 9.50 Å². The van der Waals surface area contributed by atoms with E-state index in [2.05, 4.69) is 0 Å². The zero-order valence-corrected chi connectivity index (χ0v) is 11.5. The van der Waals surface area contributed by atoms with E-state index in [1.807, 2.05) is 6.92 Å². The van der Waals surface area contributed by atoms with Gasteiger partial charge in [-0.3, -0.25) is 0 Å². The van der Waals surface area contributed by atoms with Crippen LogP contribution in [-0.2, 0) is 0 Å². The van der Waals surface area contributed by atoms with Gasteiger partial charge in [-0.15, -0.1) is 12.4 Å². The van der Waals surface area contributed by atoms with Gasteiger partial charge in [0.05, 0.1) is 12.1 Å². The highest BCUT2D eigenvalue weighted by atomic mass is 35.5. The molecular weight excluding hydrogens is 264 g/mol. The highest BCUT2D eigenvalue weighted by Gasteiger charge is 2.23. The predicted molar refractivity (Wildman–Crippen MR) is 71.2 cm³/mol. The fourth-order valence-electron chi connectivity index (χ4n) is 1.65. The van der Waals surface area contributed by atoms with Crippen LogP contribution < -0.4 is 5.73 Å². The smallest absolute Gasteiger partial charge is 0.132 e. The van der Waals surface area contributed by atoms with Gasteiger partial charge in [0.1, 0.15) is 5.82 Å². The summed E-state index contributed by atoms with van der Waals surface area (Å²) in [4.78, 5) is 0. The molecule has 1 aromatic rings. The molecular formula is C12H18Cl2FNO. The van der Waals surface area contributed by atoms with Crippen LogP contribution in [0.4, 0.5) is 4.39 Å². The second kappa shape index (κ2) is 7.17. The first-order valence-corrected chi connectivity index (χ1v) is 5.75. The zero-order chi connectivity index (χ0) is 12.3. The molecule has 98 valence electrons. The Kier molecular flexibility index (Phi) is 7.02. The van der Waals surface area contributed by atoms with E-state index >= 15 is 0 Å². The Balaban J connectivity index is 0.00000256. The molecule has 2 atom stereocenters. The Morgan fingerprint density at radius 2 is 2.06 bits per heavy atom. The average Bonchev–Trinajstić information content (AvgIpc) is 2.24. The molecule has 0 aliphatic carbocycles. The average molecular weight is 282 g/mol. The van der Waals surface area contributed by atoms with Crippen molar-refractivity contribution in [3.8, 4) is 0 Å². The molecule has 2 nitrogen and oxygen atoms in total. The van der Waals surface area contributed by atoms with Crippen molar-refractivity contribution >= 4 is 24.0 Å². The number of aryl methyl sites for hydroxylation is 1. The van der Waals surface area contributed by atoms with Gasteiger partial charge in [-0.1, -0.05) is 31.0 Å². The molecule has 0 amide bonds. The van der Waals surface area contributed by atoms with Crippen molar-refractivity contribution in [2.45, 2.75) is 38.8 Å². The SMILES string of the molecule is CCC[C@H](O)[C@H](N)c1c(Cl)ccc(C)c1F.Cl. The maximum atomic E-state index is 13.8. The molecule has 0 fully saturated rings. The van der Waals surface area contributed by atoms with Crippen LogP contribution in [0.2, 0.25) is 5.02 Å². The maximum Gasteiger partial charge on any atom is 0.132 e. The highest BCUT2D eigenvalue weighted by Crippen LogP contribution is 2.29. The Morgan fingerprint density at radius 3 is 2.59 bits per heavy atom. The summed E-state index contributed by atoms with van der Waals surface area (Å²) in [7, 11) is 0. The monoisotopic (exact) mass is 281 g/mol. The lowest BCUT2D eigenvalue weighted by Crippen LogP contribution is -2.27. The van der Waals surface area contributed by atoms with Crippen molar-refractivity contribution in [2.75, 3.05) is 0 Å². The van der Waals surface area contributed by atoms with E-state index in [4.69, 9.17) is 17.3 Å². The Hall–Kier alpha value is -0.350. The third kappa shape index (κ3) is 3.81. The molecule has 0 aromatic heterocycles. The van der Waals surface area contributed by atoms with E-state index in [1.54, 1.807) is 19.1 Å². The van der Waals surface area contributed by atoms with Gasteiger partial charge < -0.3 is 10.8 Å². The van der Waals surface area contributed by atoms with Gasteiger partial charge in [-0.25, -0.2) is 4.39 Å². The van der Waals surface area contributed by atoms with E-state index in [0.717, 1.165) is 6.42 Å². The molecule has 0 heterocycles. The van der Waals surface area contributed by atoms with Gasteiger partial charge in [-0.2, -0.15) is 0 Å². The van der Waals surface area contributed by atoms with Crippen LogP contribution in [0.15, 0.2) is 12.1 Å². The third-order valence-corrected chi connectivity index (χ3v) is 2.98. The summed E-state index contributed by atoms with van der Waals surface area (Å²) < 4.78 is 13.8. The number of rotatable bonds is 4. The number of aliphatic hydroxyl groups is 1. The van der Waals surface area contributed by atoms with E-state index in [-0.39, 0.29) is 23.0 Å². The molecule has 0 spiro atoms. The molecule has 0 saturated carbocycles. The first-order valence-electron chi connectivity index (χ1n) is 5.37. The molecule has 0 unspecified atom stereocenters. The zero-order valence-electron chi connectivity index (χ0n) is 9.91. The number of aliphatic hydroxyl groups excluding tert-OH is 1. The molecule has 1 aromatic carbocycles. The molecule has 0 saturated heterocycles. The molecule has 17 heavy (non-hydrogen) atoms. The van der Waals surface area contributed by atoms with Gasteiger partial charge in [-0.05, 0) is 25.0 Å². The largest absolute Gasteiger partial charge is 0.391 e. The van der Waals surface area contributed by atoms with Crippen LogP contribution in [0, 0.1) is 12.7 Å². The second-order valence-corrected chi connectivity index (χ2v) is 4.38. The fraction of sp³-hybridized carbons (Fsp3) is 0.500. The number of benzene rings is 1. The summed E-state index contributed by atoms with van der Waals surface area (Å²) >= 11 is 5.91. The van der Waals surface area contributed by atoms with Crippen LogP contribution >= 0.6 is 24.0 Å². The van der Waals surface area contributed by atoms with Crippen molar-refractivity contribution in [1.29, 1.82) is 0 Å². The topological polar surface area (TPSA) is 46.2 Å². The van der Waals surface area contributed by atoms with Crippen molar-refractivity contribution in [1.82, 2.24) is 0 Å². The van der Waals surface area contributed by atoms with Gasteiger partial charge in [0.15, 0.2) is 0 Å². The van der Waals surface area contributed by atoms with Gasteiger partial charge in [0.25, 0.3) is 0 Å². The molecule has 3 N–H and O–H groups in total. The molecule has 5 heteroatoms. The van der Waals surface area contributed by atoms with Gasteiger partial charge >= 0.3 is 0 Å². The van der Waals surface area contributed by atoms with Crippen LogP contribution in [0.1, 0.15) is 36.9 Å². The maximum absolute atomic E-state index is 13.8. The molecule has 1 rings (SSSR count). The molecule has 0 aliphatic heterocycles. The minimum absolute atomic E-state index is 0. The summed E-state index contributed by atoms with van der Waals surface area (Å²) in [5, 5.41) is 10.0. The summed E-state index contributed by atoms with van der Waals surface area (Å²) in [5.74, 6) is -0.421. The van der Waals surface area contributed by atoms with E-state index < -0.39 is 18.0 Å². The molecule has 0 radical (unpaired) electrons. The van der Waals surface area contributed by atoms with E-state index in [1.165, 1.54) is 0 Å². The molecule has 0 aliphatic rings. The number of hydrogen-bond acceptors (Lipinski definition) is 2. The van der Waals surface area contributed by atoms with Gasteiger partial charge in [0, 0.05) is 10.6 Å². The van der Waals surface area contributed by atoms with Crippen LogP contribution in [0.3, 0.4) is 0 Å². The third-order valence-electron chi connectivity index (χ3n) is 2.65. The highest BCUT2D eigenvalue weighted by molar-refractivity contribution is 6.31. The second-order valence-electron chi connectivity index (χ2n) is 3.97. The lowest BCUT2D eigenvalue weighted by atomic mass is 9.97. The van der Waals surface area contributed by atoms with Gasteiger partial charge in [0.2, 0.25) is 0 Å². The number of halogens is 3. The Morgan fingerprint density at radius 1 is 1.47 bits per heavy atom. The Bertz CT molecular complexity index is 374. The lowest BCUT2D eigenvalue weighted by molar-refractivity contribution is 0.133. The summed E-state index contributed by atoms with van der Waals surface area (Å²) in [6.07, 6.45) is 0.559. The van der Waals surface area contributed by atoms with Crippen LogP contribution in [-0.4, -0.2) is 11.2 Å².